The Morgan fingerprint density at radius 3 is 2.72 bits per heavy atom. The standard InChI is InChI=1S/C15H11ClN4O5/c16-7-2-9-8(23-4-24-9)1-5(7)10-6(3-17)12(18)25-14-11(10)13(21)19-15(22)20-14/h1-2,10-11,14H,4,18H2,(H2,19,20,21,22). The Bertz CT molecular complexity index is 877. The fourth-order valence-electron chi connectivity index (χ4n) is 3.19. The largest absolute Gasteiger partial charge is 0.454 e. The van der Waals surface area contributed by atoms with E-state index in [9.17, 15) is 14.9 Å². The zero-order chi connectivity index (χ0) is 17.7. The van der Waals surface area contributed by atoms with Crippen LogP contribution in [0.5, 0.6) is 11.5 Å². The van der Waals surface area contributed by atoms with E-state index >= 15 is 0 Å². The fraction of sp³-hybridized carbons (Fsp3) is 0.267. The smallest absolute Gasteiger partial charge is 0.324 e. The van der Waals surface area contributed by atoms with Crippen LogP contribution in [0.1, 0.15) is 11.5 Å². The Kier molecular flexibility index (Phi) is 3.36. The Morgan fingerprint density at radius 2 is 2.00 bits per heavy atom. The van der Waals surface area contributed by atoms with E-state index in [2.05, 4.69) is 10.6 Å². The van der Waals surface area contributed by atoms with Crippen LogP contribution in [0.2, 0.25) is 5.02 Å². The summed E-state index contributed by atoms with van der Waals surface area (Å²) in [6, 6.07) is 4.42. The fourth-order valence-corrected chi connectivity index (χ4v) is 3.47. The number of rotatable bonds is 1. The molecule has 25 heavy (non-hydrogen) atoms. The van der Waals surface area contributed by atoms with Crippen molar-refractivity contribution in [3.63, 3.8) is 0 Å². The quantitative estimate of drug-likeness (QED) is 0.667. The molecule has 4 rings (SSSR count). The lowest BCUT2D eigenvalue weighted by molar-refractivity contribution is -0.132. The number of hydrogen-bond acceptors (Lipinski definition) is 7. The number of hydrogen-bond donors (Lipinski definition) is 3. The number of benzene rings is 1. The van der Waals surface area contributed by atoms with Crippen LogP contribution >= 0.6 is 11.6 Å². The number of urea groups is 1. The molecule has 1 saturated heterocycles. The molecule has 0 saturated carbocycles. The number of halogens is 1. The highest BCUT2D eigenvalue weighted by atomic mass is 35.5. The van der Waals surface area contributed by atoms with E-state index in [-0.39, 0.29) is 23.3 Å². The third kappa shape index (κ3) is 2.30. The van der Waals surface area contributed by atoms with Gasteiger partial charge in [0.1, 0.15) is 12.0 Å². The number of nitriles is 1. The van der Waals surface area contributed by atoms with Gasteiger partial charge < -0.3 is 25.3 Å². The van der Waals surface area contributed by atoms with Gasteiger partial charge in [0, 0.05) is 17.0 Å². The summed E-state index contributed by atoms with van der Waals surface area (Å²) in [6.45, 7) is 0.0502. The highest BCUT2D eigenvalue weighted by Gasteiger charge is 2.49. The molecule has 4 N–H and O–H groups in total. The lowest BCUT2D eigenvalue weighted by Crippen LogP contribution is -2.62. The maximum absolute atomic E-state index is 12.4. The van der Waals surface area contributed by atoms with Gasteiger partial charge in [-0.15, -0.1) is 0 Å². The summed E-state index contributed by atoms with van der Waals surface area (Å²) in [7, 11) is 0. The first kappa shape index (κ1) is 15.4. The predicted molar refractivity (Wildman–Crippen MR) is 82.2 cm³/mol. The van der Waals surface area contributed by atoms with Gasteiger partial charge in [0.25, 0.3) is 0 Å². The van der Waals surface area contributed by atoms with E-state index in [0.29, 0.717) is 17.1 Å². The van der Waals surface area contributed by atoms with Gasteiger partial charge >= 0.3 is 6.03 Å². The van der Waals surface area contributed by atoms with Crippen molar-refractivity contribution in [2.75, 3.05) is 6.79 Å². The number of fused-ring (bicyclic) bond motifs is 2. The Labute approximate surface area is 146 Å². The summed E-state index contributed by atoms with van der Waals surface area (Å²) in [5, 5.41) is 14.4. The van der Waals surface area contributed by atoms with Crippen LogP contribution < -0.4 is 25.8 Å². The maximum atomic E-state index is 12.4. The molecule has 1 fully saturated rings. The van der Waals surface area contributed by atoms with Crippen molar-refractivity contribution >= 4 is 23.5 Å². The normalized spacial score (nSPS) is 27.0. The van der Waals surface area contributed by atoms with Crippen molar-refractivity contribution in [3.05, 3.63) is 34.2 Å². The molecule has 10 heteroatoms. The number of amides is 3. The predicted octanol–water partition coefficient (Wildman–Crippen LogP) is 0.658. The highest BCUT2D eigenvalue weighted by Crippen LogP contribution is 2.46. The van der Waals surface area contributed by atoms with Crippen molar-refractivity contribution in [2.24, 2.45) is 11.7 Å². The molecular weight excluding hydrogens is 352 g/mol. The van der Waals surface area contributed by atoms with Gasteiger partial charge in [-0.25, -0.2) is 4.79 Å². The third-order valence-corrected chi connectivity index (χ3v) is 4.60. The van der Waals surface area contributed by atoms with Gasteiger partial charge in [0.2, 0.25) is 18.6 Å². The molecular formula is C15H11ClN4O5. The second-order valence-electron chi connectivity index (χ2n) is 5.62. The number of allylic oxidation sites excluding steroid dienone is 1. The first-order valence-electron chi connectivity index (χ1n) is 7.26. The van der Waals surface area contributed by atoms with Crippen LogP contribution in [0.15, 0.2) is 23.6 Å². The number of carbonyl (C=O) groups excluding carboxylic acids is 2. The molecule has 1 aromatic carbocycles. The summed E-state index contributed by atoms with van der Waals surface area (Å²) < 4.78 is 16.0. The Morgan fingerprint density at radius 1 is 1.28 bits per heavy atom. The zero-order valence-corrected chi connectivity index (χ0v) is 13.3. The van der Waals surface area contributed by atoms with Crippen LogP contribution in [-0.4, -0.2) is 25.0 Å². The van der Waals surface area contributed by atoms with E-state index in [1.54, 1.807) is 12.1 Å². The zero-order valence-electron chi connectivity index (χ0n) is 12.5. The molecule has 3 heterocycles. The molecule has 9 nitrogen and oxygen atoms in total. The van der Waals surface area contributed by atoms with Crippen molar-refractivity contribution in [1.82, 2.24) is 10.6 Å². The van der Waals surface area contributed by atoms with E-state index in [1.807, 2.05) is 6.07 Å². The molecule has 3 unspecified atom stereocenters. The summed E-state index contributed by atoms with van der Waals surface area (Å²) in [5.41, 5.74) is 6.33. The average molecular weight is 363 g/mol. The van der Waals surface area contributed by atoms with Crippen molar-refractivity contribution in [3.8, 4) is 17.6 Å². The molecule has 0 radical (unpaired) electrons. The van der Waals surface area contributed by atoms with E-state index < -0.39 is 30.0 Å². The number of carbonyl (C=O) groups is 2. The SMILES string of the molecule is N#CC1=C(N)OC2NC(=O)NC(=O)C2C1c1cc2c(cc1Cl)OCO2. The molecule has 0 aliphatic carbocycles. The number of nitrogens with zero attached hydrogens (tertiary/aromatic N) is 1. The minimum Gasteiger partial charge on any atom is -0.454 e. The molecule has 3 atom stereocenters. The number of nitrogens with two attached hydrogens (primary N) is 1. The molecule has 0 spiro atoms. The summed E-state index contributed by atoms with van der Waals surface area (Å²) in [6.07, 6.45) is -1.01. The Hall–Kier alpha value is -3.12. The van der Waals surface area contributed by atoms with Gasteiger partial charge in [0.15, 0.2) is 17.7 Å². The molecule has 3 aliphatic heterocycles. The van der Waals surface area contributed by atoms with E-state index in [4.69, 9.17) is 31.5 Å². The molecule has 1 aromatic rings. The van der Waals surface area contributed by atoms with E-state index in [1.165, 1.54) is 0 Å². The third-order valence-electron chi connectivity index (χ3n) is 4.28. The monoisotopic (exact) mass is 362 g/mol. The number of imide groups is 1. The van der Waals surface area contributed by atoms with E-state index in [0.717, 1.165) is 0 Å². The van der Waals surface area contributed by atoms with Crippen LogP contribution in [0, 0.1) is 17.2 Å². The second kappa shape index (κ2) is 5.46. The van der Waals surface area contributed by atoms with Gasteiger partial charge in [0.05, 0.1) is 5.57 Å². The Balaban J connectivity index is 1.88. The van der Waals surface area contributed by atoms with Gasteiger partial charge in [-0.3, -0.25) is 10.1 Å². The molecule has 0 aromatic heterocycles. The van der Waals surface area contributed by atoms with Crippen molar-refractivity contribution in [1.29, 1.82) is 5.26 Å². The first-order chi connectivity index (χ1) is 12.0. The maximum Gasteiger partial charge on any atom is 0.324 e. The lowest BCUT2D eigenvalue weighted by Gasteiger charge is -2.40. The number of ether oxygens (including phenoxy) is 3. The lowest BCUT2D eigenvalue weighted by atomic mass is 9.77. The summed E-state index contributed by atoms with van der Waals surface area (Å²) >= 11 is 6.35. The highest BCUT2D eigenvalue weighted by molar-refractivity contribution is 6.31. The van der Waals surface area contributed by atoms with Crippen molar-refractivity contribution in [2.45, 2.75) is 12.1 Å². The van der Waals surface area contributed by atoms with Crippen LogP contribution in [-0.2, 0) is 9.53 Å². The molecule has 0 bridgehead atoms. The average Bonchev–Trinajstić information content (AvgIpc) is 2.99. The molecule has 3 amide bonds. The van der Waals surface area contributed by atoms with Gasteiger partial charge in [-0.1, -0.05) is 11.6 Å². The minimum absolute atomic E-state index is 0.0494. The number of nitrogens with one attached hydrogen (secondary N) is 2. The van der Waals surface area contributed by atoms with Gasteiger partial charge in [-0.05, 0) is 11.6 Å². The van der Waals surface area contributed by atoms with Crippen LogP contribution in [0.25, 0.3) is 0 Å². The summed E-state index contributed by atoms with van der Waals surface area (Å²) in [4.78, 5) is 24.0. The first-order valence-corrected chi connectivity index (χ1v) is 7.64. The topological polar surface area (TPSA) is 136 Å². The van der Waals surface area contributed by atoms with Gasteiger partial charge in [-0.2, -0.15) is 5.26 Å². The molecule has 128 valence electrons. The summed E-state index contributed by atoms with van der Waals surface area (Å²) in [5.74, 6) is -1.58. The second-order valence-corrected chi connectivity index (χ2v) is 6.03. The minimum atomic E-state index is -1.01. The molecule has 3 aliphatic rings. The van der Waals surface area contributed by atoms with Crippen LogP contribution in [0.4, 0.5) is 4.79 Å². The van der Waals surface area contributed by atoms with Crippen LogP contribution in [0.3, 0.4) is 0 Å². The van der Waals surface area contributed by atoms with Crippen molar-refractivity contribution < 1.29 is 23.8 Å².